The Balaban J connectivity index is 3.02. The van der Waals surface area contributed by atoms with Crippen LogP contribution in [-0.4, -0.2) is 6.18 Å². The van der Waals surface area contributed by atoms with Crippen LogP contribution < -0.4 is 0 Å². The van der Waals surface area contributed by atoms with Gasteiger partial charge in [-0.2, -0.15) is 13.2 Å². The summed E-state index contributed by atoms with van der Waals surface area (Å²) in [6.45, 7) is 10.9. The van der Waals surface area contributed by atoms with E-state index in [9.17, 15) is 13.2 Å². The molecule has 0 fully saturated rings. The Morgan fingerprint density at radius 3 is 1.90 bits per heavy atom. The molecular weight excluding hydrogens is 261 g/mol. The van der Waals surface area contributed by atoms with Crippen LogP contribution in [0.5, 0.6) is 0 Å². The third kappa shape index (κ3) is 4.53. The first-order chi connectivity index (χ1) is 8.82. The lowest BCUT2D eigenvalue weighted by molar-refractivity contribution is -0.211. The quantitative estimate of drug-likeness (QED) is 0.667. The number of alkyl halides is 3. The molecule has 1 rings (SSSR count). The van der Waals surface area contributed by atoms with Crippen LogP contribution in [0, 0.1) is 17.8 Å². The molecule has 0 saturated heterocycles. The standard InChI is InChI=1S/C17H25F3/c1-12-7-8-13(9-14(12)11-15(2,3)4)10-16(5,6)17(18,19)20/h7-9H,10-11H2,1-6H3. The molecule has 0 aliphatic carbocycles. The monoisotopic (exact) mass is 286 g/mol. The number of hydrogen-bond donors (Lipinski definition) is 0. The maximum Gasteiger partial charge on any atom is 0.394 e. The van der Waals surface area contributed by atoms with Crippen LogP contribution in [0.2, 0.25) is 0 Å². The third-order valence-corrected chi connectivity index (χ3v) is 3.55. The van der Waals surface area contributed by atoms with Gasteiger partial charge in [-0.3, -0.25) is 0 Å². The highest BCUT2D eigenvalue weighted by molar-refractivity contribution is 5.32. The van der Waals surface area contributed by atoms with Gasteiger partial charge in [0.25, 0.3) is 0 Å². The molecule has 0 unspecified atom stereocenters. The molecule has 0 atom stereocenters. The fourth-order valence-electron chi connectivity index (χ4n) is 2.21. The zero-order valence-corrected chi connectivity index (χ0v) is 13.3. The first kappa shape index (κ1) is 17.1. The van der Waals surface area contributed by atoms with Crippen molar-refractivity contribution in [2.24, 2.45) is 10.8 Å². The Hall–Kier alpha value is -0.990. The van der Waals surface area contributed by atoms with Crippen molar-refractivity contribution in [3.8, 4) is 0 Å². The Kier molecular flexibility index (Phi) is 4.62. The molecule has 0 N–H and O–H groups in total. The fraction of sp³-hybridized carbons (Fsp3) is 0.647. The number of benzene rings is 1. The zero-order valence-electron chi connectivity index (χ0n) is 13.3. The second kappa shape index (κ2) is 5.42. The highest BCUT2D eigenvalue weighted by atomic mass is 19.4. The van der Waals surface area contributed by atoms with Gasteiger partial charge in [-0.1, -0.05) is 52.8 Å². The molecule has 1 aromatic rings. The summed E-state index contributed by atoms with van der Waals surface area (Å²) in [5.74, 6) is 0. The molecule has 0 radical (unpaired) electrons. The molecule has 20 heavy (non-hydrogen) atoms. The van der Waals surface area contributed by atoms with Gasteiger partial charge in [0.15, 0.2) is 0 Å². The molecule has 0 aromatic heterocycles. The van der Waals surface area contributed by atoms with Crippen molar-refractivity contribution in [1.29, 1.82) is 0 Å². The third-order valence-electron chi connectivity index (χ3n) is 3.55. The van der Waals surface area contributed by atoms with Crippen LogP contribution in [0.4, 0.5) is 13.2 Å². The van der Waals surface area contributed by atoms with E-state index in [1.807, 2.05) is 25.1 Å². The summed E-state index contributed by atoms with van der Waals surface area (Å²) in [7, 11) is 0. The van der Waals surface area contributed by atoms with E-state index in [0.29, 0.717) is 0 Å². The first-order valence-corrected chi connectivity index (χ1v) is 6.97. The van der Waals surface area contributed by atoms with Gasteiger partial charge in [0.05, 0.1) is 5.41 Å². The van der Waals surface area contributed by atoms with E-state index in [1.165, 1.54) is 13.8 Å². The van der Waals surface area contributed by atoms with E-state index in [-0.39, 0.29) is 11.8 Å². The van der Waals surface area contributed by atoms with E-state index in [1.54, 1.807) is 0 Å². The molecule has 0 aliphatic heterocycles. The lowest BCUT2D eigenvalue weighted by Crippen LogP contribution is -2.34. The van der Waals surface area contributed by atoms with Gasteiger partial charge in [0, 0.05) is 0 Å². The Labute approximate surface area is 120 Å². The average Bonchev–Trinajstić information content (AvgIpc) is 2.18. The largest absolute Gasteiger partial charge is 0.394 e. The number of hydrogen-bond acceptors (Lipinski definition) is 0. The minimum Gasteiger partial charge on any atom is -0.171 e. The molecule has 0 saturated carbocycles. The summed E-state index contributed by atoms with van der Waals surface area (Å²) in [6, 6.07) is 5.69. The van der Waals surface area contributed by atoms with Crippen LogP contribution in [0.3, 0.4) is 0 Å². The van der Waals surface area contributed by atoms with Crippen molar-refractivity contribution < 1.29 is 13.2 Å². The lowest BCUT2D eigenvalue weighted by Gasteiger charge is -2.28. The molecule has 3 heteroatoms. The van der Waals surface area contributed by atoms with Crippen molar-refractivity contribution in [3.05, 3.63) is 34.9 Å². The van der Waals surface area contributed by atoms with Crippen molar-refractivity contribution in [2.45, 2.75) is 60.6 Å². The normalized spacial score (nSPS) is 13.7. The minimum absolute atomic E-state index is 0.0217. The number of aryl methyl sites for hydroxylation is 1. The number of rotatable bonds is 3. The lowest BCUT2D eigenvalue weighted by atomic mass is 9.82. The van der Waals surface area contributed by atoms with Crippen molar-refractivity contribution in [1.82, 2.24) is 0 Å². The fourth-order valence-corrected chi connectivity index (χ4v) is 2.21. The predicted molar refractivity (Wildman–Crippen MR) is 77.9 cm³/mol. The van der Waals surface area contributed by atoms with Crippen LogP contribution in [0.15, 0.2) is 18.2 Å². The van der Waals surface area contributed by atoms with E-state index < -0.39 is 11.6 Å². The van der Waals surface area contributed by atoms with Gasteiger partial charge in [-0.05, 0) is 41.9 Å². The van der Waals surface area contributed by atoms with Crippen molar-refractivity contribution in [3.63, 3.8) is 0 Å². The highest BCUT2D eigenvalue weighted by Crippen LogP contribution is 2.40. The molecule has 0 spiro atoms. The summed E-state index contributed by atoms with van der Waals surface area (Å²) in [5, 5.41) is 0. The zero-order chi connectivity index (χ0) is 15.8. The second-order valence-corrected chi connectivity index (χ2v) is 7.56. The highest BCUT2D eigenvalue weighted by Gasteiger charge is 2.46. The molecule has 1 aromatic carbocycles. The first-order valence-electron chi connectivity index (χ1n) is 6.97. The van der Waals surface area contributed by atoms with E-state index in [4.69, 9.17) is 0 Å². The molecule has 0 bridgehead atoms. The maximum absolute atomic E-state index is 13.0. The van der Waals surface area contributed by atoms with Gasteiger partial charge in [-0.25, -0.2) is 0 Å². The van der Waals surface area contributed by atoms with Gasteiger partial charge < -0.3 is 0 Å². The van der Waals surface area contributed by atoms with E-state index in [2.05, 4.69) is 20.8 Å². The molecule has 0 aliphatic rings. The summed E-state index contributed by atoms with van der Waals surface area (Å²) in [6.07, 6.45) is -3.28. The second-order valence-electron chi connectivity index (χ2n) is 7.56. The molecule has 114 valence electrons. The molecular formula is C17H25F3. The van der Waals surface area contributed by atoms with E-state index in [0.717, 1.165) is 23.1 Å². The predicted octanol–water partition coefficient (Wildman–Crippen LogP) is 5.71. The van der Waals surface area contributed by atoms with Crippen LogP contribution in [0.25, 0.3) is 0 Å². The van der Waals surface area contributed by atoms with E-state index >= 15 is 0 Å². The van der Waals surface area contributed by atoms with Gasteiger partial charge in [0.2, 0.25) is 0 Å². The SMILES string of the molecule is Cc1ccc(CC(C)(C)C(F)(F)F)cc1CC(C)(C)C. The smallest absolute Gasteiger partial charge is 0.171 e. The van der Waals surface area contributed by atoms with Crippen LogP contribution in [-0.2, 0) is 12.8 Å². The van der Waals surface area contributed by atoms with Crippen molar-refractivity contribution >= 4 is 0 Å². The van der Waals surface area contributed by atoms with Gasteiger partial charge >= 0.3 is 6.18 Å². The Bertz CT molecular complexity index is 462. The van der Waals surface area contributed by atoms with Crippen LogP contribution >= 0.6 is 0 Å². The average molecular weight is 286 g/mol. The maximum atomic E-state index is 13.0. The Morgan fingerprint density at radius 1 is 0.900 bits per heavy atom. The van der Waals surface area contributed by atoms with Crippen LogP contribution in [0.1, 0.15) is 51.3 Å². The molecule has 0 nitrogen and oxygen atoms in total. The topological polar surface area (TPSA) is 0 Å². The summed E-state index contributed by atoms with van der Waals surface area (Å²) in [5.41, 5.74) is 1.49. The Morgan fingerprint density at radius 2 is 1.45 bits per heavy atom. The number of halogens is 3. The van der Waals surface area contributed by atoms with Gasteiger partial charge in [0.1, 0.15) is 0 Å². The minimum atomic E-state index is -4.18. The summed E-state index contributed by atoms with van der Waals surface area (Å²) >= 11 is 0. The molecule has 0 heterocycles. The summed E-state index contributed by atoms with van der Waals surface area (Å²) < 4.78 is 38.9. The summed E-state index contributed by atoms with van der Waals surface area (Å²) in [4.78, 5) is 0. The van der Waals surface area contributed by atoms with Gasteiger partial charge in [-0.15, -0.1) is 0 Å². The molecule has 0 amide bonds. The van der Waals surface area contributed by atoms with Crippen molar-refractivity contribution in [2.75, 3.05) is 0 Å².